The van der Waals surface area contributed by atoms with Crippen LogP contribution in [0.1, 0.15) is 13.8 Å². The summed E-state index contributed by atoms with van der Waals surface area (Å²) in [6, 6.07) is -0.570. The van der Waals surface area contributed by atoms with E-state index < -0.39 is 73.7 Å². The second-order valence-electron chi connectivity index (χ2n) is 7.50. The van der Waals surface area contributed by atoms with Gasteiger partial charge in [-0.1, -0.05) is 0 Å². The molecule has 0 radical (unpaired) electrons. The number of aliphatic hydroxyl groups excluding tert-OH is 5. The van der Waals surface area contributed by atoms with E-state index in [0.29, 0.717) is 0 Å². The Morgan fingerprint density at radius 2 is 1.78 bits per heavy atom. The van der Waals surface area contributed by atoms with E-state index in [-0.39, 0.29) is 6.54 Å². The molecular weight excluding hydrogens is 366 g/mol. The van der Waals surface area contributed by atoms with Gasteiger partial charge in [-0.15, -0.1) is 0 Å². The largest absolute Gasteiger partial charge is 0.394 e. The van der Waals surface area contributed by atoms with Crippen molar-refractivity contribution < 1.29 is 49.2 Å². The topological polar surface area (TPSA) is 159 Å². The average molecular weight is 395 g/mol. The first-order valence-electron chi connectivity index (χ1n) is 8.94. The number of nitrogens with one attached hydrogen (secondary N) is 1. The molecule has 10 atom stereocenters. The van der Waals surface area contributed by atoms with Crippen molar-refractivity contribution in [2.24, 2.45) is 0 Å². The lowest BCUT2D eigenvalue weighted by molar-refractivity contribution is -0.289. The van der Waals surface area contributed by atoms with E-state index in [1.54, 1.807) is 13.8 Å². The van der Waals surface area contributed by atoms with Crippen LogP contribution in [0.4, 0.5) is 0 Å². The number of hydrogen-bond acceptors (Lipinski definition) is 11. The summed E-state index contributed by atoms with van der Waals surface area (Å²) in [4.78, 5) is 0. The normalized spacial score (nSPS) is 47.8. The minimum atomic E-state index is -1.44. The summed E-state index contributed by atoms with van der Waals surface area (Å²) in [5.41, 5.74) is 0. The first kappa shape index (κ1) is 21.3. The van der Waals surface area contributed by atoms with Crippen molar-refractivity contribution in [2.75, 3.05) is 20.3 Å². The van der Waals surface area contributed by atoms with Crippen LogP contribution in [0.5, 0.6) is 0 Å². The molecule has 158 valence electrons. The quantitative estimate of drug-likeness (QED) is 0.266. The van der Waals surface area contributed by atoms with Gasteiger partial charge < -0.3 is 54.5 Å². The van der Waals surface area contributed by atoms with Gasteiger partial charge in [-0.2, -0.15) is 0 Å². The Kier molecular flexibility index (Phi) is 6.40. The molecule has 3 rings (SSSR count). The number of hydrogen-bond donors (Lipinski definition) is 6. The van der Waals surface area contributed by atoms with Gasteiger partial charge in [0.05, 0.1) is 12.6 Å². The number of aliphatic hydroxyl groups is 5. The van der Waals surface area contributed by atoms with Crippen LogP contribution in [0.2, 0.25) is 0 Å². The molecule has 27 heavy (non-hydrogen) atoms. The lowest BCUT2D eigenvalue weighted by atomic mass is 9.97. The highest BCUT2D eigenvalue weighted by molar-refractivity contribution is 5.01. The predicted octanol–water partition coefficient (Wildman–Crippen LogP) is -3.37. The molecule has 0 unspecified atom stereocenters. The third-order valence-electron chi connectivity index (χ3n) is 5.11. The van der Waals surface area contributed by atoms with Gasteiger partial charge in [0.25, 0.3) is 0 Å². The van der Waals surface area contributed by atoms with Crippen LogP contribution in [-0.2, 0) is 23.7 Å². The maximum absolute atomic E-state index is 10.2. The minimum absolute atomic E-state index is 0.0422. The first-order chi connectivity index (χ1) is 12.7. The summed E-state index contributed by atoms with van der Waals surface area (Å²) in [5.74, 6) is -0.868. The molecule has 3 aliphatic heterocycles. The fraction of sp³-hybridized carbons (Fsp3) is 1.00. The summed E-state index contributed by atoms with van der Waals surface area (Å²) in [5, 5.41) is 52.4. The van der Waals surface area contributed by atoms with Crippen LogP contribution >= 0.6 is 0 Å². The van der Waals surface area contributed by atoms with E-state index in [9.17, 15) is 25.5 Å². The van der Waals surface area contributed by atoms with Gasteiger partial charge in [0.1, 0.15) is 42.7 Å². The van der Waals surface area contributed by atoms with Crippen LogP contribution in [0.3, 0.4) is 0 Å². The standard InChI is InChI=1S/C16H29NO10/c1-16(2)26-13-8(12(6(19)5-18)25-15(13)27-16)17-4-7-9(20)10(21)11(22)14(23-3)24-7/h6-15,17-22H,4-5H2,1-3H3/t6-,7-,8-,9-,10+,11-,12-,13-,14+,15-/m1/s1. The van der Waals surface area contributed by atoms with Crippen LogP contribution < -0.4 is 5.32 Å². The summed E-state index contributed by atoms with van der Waals surface area (Å²) >= 11 is 0. The number of methoxy groups -OCH3 is 1. The van der Waals surface area contributed by atoms with E-state index in [4.69, 9.17) is 23.7 Å². The van der Waals surface area contributed by atoms with Crippen molar-refractivity contribution in [3.8, 4) is 0 Å². The maximum atomic E-state index is 10.2. The molecule has 0 aromatic carbocycles. The van der Waals surface area contributed by atoms with Gasteiger partial charge in [-0.05, 0) is 13.8 Å². The maximum Gasteiger partial charge on any atom is 0.189 e. The molecule has 6 N–H and O–H groups in total. The highest BCUT2D eigenvalue weighted by Crippen LogP contribution is 2.38. The molecule has 0 saturated carbocycles. The summed E-state index contributed by atoms with van der Waals surface area (Å²) in [6.07, 6.45) is -9.41. The fourth-order valence-electron chi connectivity index (χ4n) is 3.73. The molecule has 0 aliphatic carbocycles. The van der Waals surface area contributed by atoms with Gasteiger partial charge in [0.15, 0.2) is 18.4 Å². The van der Waals surface area contributed by atoms with Crippen LogP contribution in [0.25, 0.3) is 0 Å². The Morgan fingerprint density at radius 3 is 2.41 bits per heavy atom. The van der Waals surface area contributed by atoms with Crippen molar-refractivity contribution in [1.29, 1.82) is 0 Å². The van der Waals surface area contributed by atoms with Gasteiger partial charge in [0.2, 0.25) is 0 Å². The molecule has 3 aliphatic rings. The fourth-order valence-corrected chi connectivity index (χ4v) is 3.73. The van der Waals surface area contributed by atoms with Crippen molar-refractivity contribution in [3.63, 3.8) is 0 Å². The Hall–Kier alpha value is -0.440. The molecule has 0 bridgehead atoms. The molecule has 0 spiro atoms. The zero-order valence-electron chi connectivity index (χ0n) is 15.5. The van der Waals surface area contributed by atoms with Crippen molar-refractivity contribution in [3.05, 3.63) is 0 Å². The molecule has 0 amide bonds. The average Bonchev–Trinajstić information content (AvgIpc) is 3.10. The van der Waals surface area contributed by atoms with Crippen LogP contribution in [0, 0.1) is 0 Å². The van der Waals surface area contributed by atoms with E-state index >= 15 is 0 Å². The van der Waals surface area contributed by atoms with Crippen molar-refractivity contribution in [1.82, 2.24) is 5.32 Å². The molecule has 11 nitrogen and oxygen atoms in total. The summed E-state index contributed by atoms with van der Waals surface area (Å²) in [7, 11) is 1.32. The second-order valence-corrected chi connectivity index (χ2v) is 7.50. The van der Waals surface area contributed by atoms with Gasteiger partial charge in [0, 0.05) is 13.7 Å². The van der Waals surface area contributed by atoms with Crippen molar-refractivity contribution >= 4 is 0 Å². The minimum Gasteiger partial charge on any atom is -0.394 e. The van der Waals surface area contributed by atoms with Gasteiger partial charge >= 0.3 is 0 Å². The Morgan fingerprint density at radius 1 is 1.07 bits per heavy atom. The van der Waals surface area contributed by atoms with Crippen molar-refractivity contribution in [2.45, 2.75) is 81.0 Å². The number of rotatable bonds is 6. The number of ether oxygens (including phenoxy) is 5. The lowest BCUT2D eigenvalue weighted by Crippen LogP contribution is -2.62. The van der Waals surface area contributed by atoms with E-state index in [1.165, 1.54) is 7.11 Å². The second kappa shape index (κ2) is 8.13. The Bertz CT molecular complexity index is 506. The van der Waals surface area contributed by atoms with E-state index in [1.807, 2.05) is 0 Å². The molecule has 0 aromatic rings. The van der Waals surface area contributed by atoms with Crippen LogP contribution in [-0.4, -0.2) is 113 Å². The van der Waals surface area contributed by atoms with Gasteiger partial charge in [-0.25, -0.2) is 0 Å². The number of fused-ring (bicyclic) bond motifs is 1. The van der Waals surface area contributed by atoms with E-state index in [0.717, 1.165) is 0 Å². The monoisotopic (exact) mass is 395 g/mol. The zero-order valence-corrected chi connectivity index (χ0v) is 15.5. The summed E-state index contributed by atoms with van der Waals surface area (Å²) in [6.45, 7) is 3.00. The van der Waals surface area contributed by atoms with Gasteiger partial charge in [-0.3, -0.25) is 0 Å². The molecule has 0 aromatic heterocycles. The van der Waals surface area contributed by atoms with Crippen LogP contribution in [0.15, 0.2) is 0 Å². The highest BCUT2D eigenvalue weighted by Gasteiger charge is 2.56. The Balaban J connectivity index is 1.68. The predicted molar refractivity (Wildman–Crippen MR) is 87.3 cm³/mol. The first-order valence-corrected chi connectivity index (χ1v) is 8.94. The molecule has 11 heteroatoms. The lowest BCUT2D eigenvalue weighted by Gasteiger charge is -2.40. The smallest absolute Gasteiger partial charge is 0.189 e. The highest BCUT2D eigenvalue weighted by atomic mass is 16.8. The molecule has 3 heterocycles. The SMILES string of the molecule is CO[C@H]1O[C@H](CN[C@H]2[C@H]3OC(C)(C)O[C@H]3O[C@@H]2[C@H](O)CO)[C@@H](O)[C@H](O)[C@H]1O. The zero-order chi connectivity index (χ0) is 19.9. The molecule has 3 fully saturated rings. The Labute approximate surface area is 156 Å². The van der Waals surface area contributed by atoms with E-state index in [2.05, 4.69) is 5.32 Å². The molecule has 3 saturated heterocycles. The third-order valence-corrected chi connectivity index (χ3v) is 5.11. The third kappa shape index (κ3) is 4.14. The summed E-state index contributed by atoms with van der Waals surface area (Å²) < 4.78 is 27.7. The molecular formula is C16H29NO10.